The molecule has 22 heavy (non-hydrogen) atoms. The van der Waals surface area contributed by atoms with Crippen molar-refractivity contribution in [2.24, 2.45) is 4.99 Å². The van der Waals surface area contributed by atoms with E-state index < -0.39 is 0 Å². The predicted molar refractivity (Wildman–Crippen MR) is 82.6 cm³/mol. The summed E-state index contributed by atoms with van der Waals surface area (Å²) in [5.74, 6) is 2.95. The Bertz CT molecular complexity index is 568. The molecule has 7 heteroatoms. The molecule has 2 bridgehead atoms. The van der Waals surface area contributed by atoms with E-state index >= 15 is 0 Å². The summed E-state index contributed by atoms with van der Waals surface area (Å²) in [4.78, 5) is 4.33. The first-order chi connectivity index (χ1) is 10.8. The second kappa shape index (κ2) is 5.87. The summed E-state index contributed by atoms with van der Waals surface area (Å²) < 4.78 is 8.12. The van der Waals surface area contributed by atoms with Crippen LogP contribution < -0.4 is 10.6 Å². The molecule has 1 aromatic heterocycles. The number of guanidine groups is 1. The highest BCUT2D eigenvalue weighted by Gasteiger charge is 2.41. The zero-order valence-electron chi connectivity index (χ0n) is 13.1. The normalized spacial score (nSPS) is 30.4. The van der Waals surface area contributed by atoms with E-state index in [0.717, 1.165) is 43.4 Å². The summed E-state index contributed by atoms with van der Waals surface area (Å²) in [5, 5.41) is 15.5. The van der Waals surface area contributed by atoms with Crippen LogP contribution in [-0.4, -0.2) is 46.0 Å². The quantitative estimate of drug-likeness (QED) is 0.632. The predicted octanol–water partition coefficient (Wildman–Crippen LogP) is 0.599. The molecule has 3 aliphatic heterocycles. The Morgan fingerprint density at radius 1 is 1.36 bits per heavy atom. The summed E-state index contributed by atoms with van der Waals surface area (Å²) in [5.41, 5.74) is 0. The van der Waals surface area contributed by atoms with Crippen molar-refractivity contribution < 1.29 is 4.74 Å². The molecule has 2 fully saturated rings. The number of ether oxygens (including phenoxy) is 1. The maximum absolute atomic E-state index is 5.88. The summed E-state index contributed by atoms with van der Waals surface area (Å²) in [6, 6.07) is 0.386. The van der Waals surface area contributed by atoms with E-state index in [9.17, 15) is 0 Å². The highest BCUT2D eigenvalue weighted by Crippen LogP contribution is 2.34. The molecule has 2 N–H and O–H groups in total. The van der Waals surface area contributed by atoms with Gasteiger partial charge in [-0.3, -0.25) is 4.99 Å². The number of hydrogen-bond acceptors (Lipinski definition) is 4. The molecule has 3 atom stereocenters. The maximum atomic E-state index is 5.88. The van der Waals surface area contributed by atoms with E-state index in [1.807, 2.05) is 7.05 Å². The summed E-state index contributed by atoms with van der Waals surface area (Å²) in [6.07, 6.45) is 7.74. The Balaban J connectivity index is 1.35. The third-order valence-corrected chi connectivity index (χ3v) is 5.00. The van der Waals surface area contributed by atoms with Crippen molar-refractivity contribution in [3.8, 4) is 0 Å². The minimum atomic E-state index is 0.351. The molecule has 0 saturated carbocycles. The first kappa shape index (κ1) is 14.0. The smallest absolute Gasteiger partial charge is 0.191 e. The molecule has 7 nitrogen and oxygen atoms in total. The lowest BCUT2D eigenvalue weighted by Crippen LogP contribution is -2.47. The van der Waals surface area contributed by atoms with Gasteiger partial charge in [0.1, 0.15) is 5.82 Å². The molecule has 0 amide bonds. The Labute approximate surface area is 130 Å². The Morgan fingerprint density at radius 2 is 2.32 bits per heavy atom. The lowest BCUT2D eigenvalue weighted by molar-refractivity contribution is 0.0992. The fraction of sp³-hybridized carbons (Fsp3) is 0.800. The zero-order valence-corrected chi connectivity index (χ0v) is 13.1. The maximum Gasteiger partial charge on any atom is 0.191 e. The van der Waals surface area contributed by atoms with Crippen molar-refractivity contribution in [2.45, 2.75) is 69.9 Å². The standard InChI is InChI=1S/C15H24N6O/c1-16-15(18-11-8-10-5-6-12(11)22-10)17-9-14-20-19-13-4-2-3-7-21(13)14/h10-12H,2-9H2,1H3,(H2,16,17,18). The van der Waals surface area contributed by atoms with Gasteiger partial charge in [-0.05, 0) is 32.1 Å². The molecule has 0 aromatic carbocycles. The summed E-state index contributed by atoms with van der Waals surface area (Å²) >= 11 is 0. The lowest BCUT2D eigenvalue weighted by atomic mass is 9.96. The number of aliphatic imine (C=N–C) groups is 1. The van der Waals surface area contributed by atoms with Gasteiger partial charge in [0.15, 0.2) is 11.8 Å². The van der Waals surface area contributed by atoms with Gasteiger partial charge in [-0.1, -0.05) is 0 Å². The molecule has 4 rings (SSSR count). The van der Waals surface area contributed by atoms with Crippen molar-refractivity contribution >= 4 is 5.96 Å². The second-order valence-electron chi connectivity index (χ2n) is 6.43. The number of aryl methyl sites for hydroxylation is 1. The van der Waals surface area contributed by atoms with Crippen LogP contribution in [0.4, 0.5) is 0 Å². The molecule has 3 aliphatic rings. The zero-order chi connectivity index (χ0) is 14.9. The molecule has 4 heterocycles. The van der Waals surface area contributed by atoms with Crippen LogP contribution in [0, 0.1) is 0 Å². The van der Waals surface area contributed by atoms with E-state index in [0.29, 0.717) is 24.8 Å². The van der Waals surface area contributed by atoms with Gasteiger partial charge >= 0.3 is 0 Å². The molecule has 3 unspecified atom stereocenters. The molecular weight excluding hydrogens is 280 g/mol. The fourth-order valence-electron chi connectivity index (χ4n) is 3.82. The number of nitrogens with zero attached hydrogens (tertiary/aromatic N) is 4. The Morgan fingerprint density at radius 3 is 3.09 bits per heavy atom. The molecule has 1 aromatic rings. The third-order valence-electron chi connectivity index (χ3n) is 5.00. The first-order valence-corrected chi connectivity index (χ1v) is 8.37. The highest BCUT2D eigenvalue weighted by atomic mass is 16.5. The van der Waals surface area contributed by atoms with Crippen LogP contribution in [0.2, 0.25) is 0 Å². The number of rotatable bonds is 3. The van der Waals surface area contributed by atoms with Gasteiger partial charge in [0.25, 0.3) is 0 Å². The van der Waals surface area contributed by atoms with Crippen LogP contribution in [0.15, 0.2) is 4.99 Å². The van der Waals surface area contributed by atoms with E-state index in [2.05, 4.69) is 30.4 Å². The first-order valence-electron chi connectivity index (χ1n) is 8.37. The number of hydrogen-bond donors (Lipinski definition) is 2. The van der Waals surface area contributed by atoms with Crippen LogP contribution in [0.1, 0.15) is 43.8 Å². The van der Waals surface area contributed by atoms with Gasteiger partial charge in [0, 0.05) is 20.0 Å². The van der Waals surface area contributed by atoms with Crippen molar-refractivity contribution in [1.82, 2.24) is 25.4 Å². The van der Waals surface area contributed by atoms with Gasteiger partial charge < -0.3 is 19.9 Å². The molecule has 2 saturated heterocycles. The Hall–Kier alpha value is -1.63. The number of fused-ring (bicyclic) bond motifs is 3. The third kappa shape index (κ3) is 2.58. The van der Waals surface area contributed by atoms with Gasteiger partial charge in [0.2, 0.25) is 0 Å². The van der Waals surface area contributed by atoms with Crippen molar-refractivity contribution in [2.75, 3.05) is 7.05 Å². The van der Waals surface area contributed by atoms with Crippen LogP contribution in [0.5, 0.6) is 0 Å². The molecule has 0 aliphatic carbocycles. The van der Waals surface area contributed by atoms with Crippen molar-refractivity contribution in [3.05, 3.63) is 11.6 Å². The molecular formula is C15H24N6O. The van der Waals surface area contributed by atoms with Gasteiger partial charge in [-0.15, -0.1) is 10.2 Å². The van der Waals surface area contributed by atoms with Crippen molar-refractivity contribution in [3.63, 3.8) is 0 Å². The van der Waals surface area contributed by atoms with Gasteiger partial charge in [0.05, 0.1) is 24.8 Å². The SMILES string of the molecule is CN=C(NCc1nnc2n1CCCC2)NC1CC2CCC1O2. The van der Waals surface area contributed by atoms with Crippen LogP contribution in [0.25, 0.3) is 0 Å². The average Bonchev–Trinajstić information content (AvgIpc) is 3.26. The summed E-state index contributed by atoms with van der Waals surface area (Å²) in [6.45, 7) is 1.69. The fourth-order valence-corrected chi connectivity index (χ4v) is 3.82. The van der Waals surface area contributed by atoms with Gasteiger partial charge in [-0.2, -0.15) is 0 Å². The average molecular weight is 304 g/mol. The number of aromatic nitrogens is 3. The van der Waals surface area contributed by atoms with Crippen LogP contribution in [-0.2, 0) is 24.2 Å². The molecule has 120 valence electrons. The monoisotopic (exact) mass is 304 g/mol. The minimum Gasteiger partial charge on any atom is -0.373 e. The molecule has 0 radical (unpaired) electrons. The topological polar surface area (TPSA) is 76.4 Å². The van der Waals surface area contributed by atoms with Crippen molar-refractivity contribution in [1.29, 1.82) is 0 Å². The largest absolute Gasteiger partial charge is 0.373 e. The van der Waals surface area contributed by atoms with E-state index in [1.54, 1.807) is 0 Å². The van der Waals surface area contributed by atoms with Gasteiger partial charge in [-0.25, -0.2) is 0 Å². The van der Waals surface area contributed by atoms with Crippen LogP contribution >= 0.6 is 0 Å². The lowest BCUT2D eigenvalue weighted by Gasteiger charge is -2.22. The Kier molecular flexibility index (Phi) is 3.73. The van der Waals surface area contributed by atoms with E-state index in [4.69, 9.17) is 4.74 Å². The second-order valence-corrected chi connectivity index (χ2v) is 6.43. The summed E-state index contributed by atoms with van der Waals surface area (Å²) in [7, 11) is 1.81. The van der Waals surface area contributed by atoms with E-state index in [1.165, 1.54) is 19.3 Å². The van der Waals surface area contributed by atoms with E-state index in [-0.39, 0.29) is 0 Å². The molecule has 0 spiro atoms. The van der Waals surface area contributed by atoms with Crippen LogP contribution in [0.3, 0.4) is 0 Å². The minimum absolute atomic E-state index is 0.351. The highest BCUT2D eigenvalue weighted by molar-refractivity contribution is 5.80. The number of nitrogens with one attached hydrogen (secondary N) is 2.